The largest absolute Gasteiger partial charge is 0.382 e. The number of nitrogens with one attached hydrogen (secondary N) is 1. The minimum Gasteiger partial charge on any atom is -0.382 e. The van der Waals surface area contributed by atoms with E-state index in [2.05, 4.69) is 19.2 Å². The maximum atomic E-state index is 11.5. The lowest BCUT2D eigenvalue weighted by Crippen LogP contribution is -2.39. The SMILES string of the molecule is CCC(CC)(CCl)CNC(=O)COCCOC. The maximum Gasteiger partial charge on any atom is 0.246 e. The summed E-state index contributed by atoms with van der Waals surface area (Å²) in [5.41, 5.74) is 0.00372. The normalized spacial score (nSPS) is 11.5. The zero-order chi connectivity index (χ0) is 13.1. The molecule has 4 nitrogen and oxygen atoms in total. The molecule has 0 aromatic carbocycles. The fourth-order valence-corrected chi connectivity index (χ4v) is 1.85. The van der Waals surface area contributed by atoms with Crippen LogP contribution in [0.2, 0.25) is 0 Å². The van der Waals surface area contributed by atoms with E-state index >= 15 is 0 Å². The molecule has 0 spiro atoms. The van der Waals surface area contributed by atoms with Gasteiger partial charge in [0.15, 0.2) is 0 Å². The smallest absolute Gasteiger partial charge is 0.246 e. The molecule has 0 fully saturated rings. The Morgan fingerprint density at radius 3 is 2.41 bits per heavy atom. The van der Waals surface area contributed by atoms with Crippen LogP contribution in [0, 0.1) is 5.41 Å². The van der Waals surface area contributed by atoms with E-state index in [-0.39, 0.29) is 17.9 Å². The van der Waals surface area contributed by atoms with E-state index in [0.717, 1.165) is 12.8 Å². The second kappa shape index (κ2) is 9.68. The second-order valence-electron chi connectivity index (χ2n) is 4.16. The van der Waals surface area contributed by atoms with Crippen molar-refractivity contribution in [3.05, 3.63) is 0 Å². The van der Waals surface area contributed by atoms with Gasteiger partial charge in [-0.15, -0.1) is 11.6 Å². The molecule has 0 radical (unpaired) electrons. The molecule has 102 valence electrons. The van der Waals surface area contributed by atoms with Crippen molar-refractivity contribution in [3.63, 3.8) is 0 Å². The fourth-order valence-electron chi connectivity index (χ4n) is 1.38. The number of carbonyl (C=O) groups is 1. The lowest BCUT2D eigenvalue weighted by molar-refractivity contribution is -0.126. The summed E-state index contributed by atoms with van der Waals surface area (Å²) in [5, 5.41) is 2.86. The van der Waals surface area contributed by atoms with Crippen LogP contribution in [0.4, 0.5) is 0 Å². The Morgan fingerprint density at radius 1 is 1.29 bits per heavy atom. The van der Waals surface area contributed by atoms with Gasteiger partial charge in [0, 0.05) is 24.9 Å². The van der Waals surface area contributed by atoms with Crippen molar-refractivity contribution in [3.8, 4) is 0 Å². The quantitative estimate of drug-likeness (QED) is 0.484. The van der Waals surface area contributed by atoms with Crippen molar-refractivity contribution in [1.29, 1.82) is 0 Å². The van der Waals surface area contributed by atoms with Crippen molar-refractivity contribution < 1.29 is 14.3 Å². The number of amides is 1. The molecule has 0 aromatic rings. The van der Waals surface area contributed by atoms with Gasteiger partial charge in [-0.3, -0.25) is 4.79 Å². The van der Waals surface area contributed by atoms with Gasteiger partial charge in [0.1, 0.15) is 6.61 Å². The fraction of sp³-hybridized carbons (Fsp3) is 0.917. The summed E-state index contributed by atoms with van der Waals surface area (Å²) in [7, 11) is 1.60. The van der Waals surface area contributed by atoms with Crippen molar-refractivity contribution >= 4 is 17.5 Å². The predicted octanol–water partition coefficient (Wildman–Crippen LogP) is 1.81. The zero-order valence-corrected chi connectivity index (χ0v) is 11.8. The number of hydrogen-bond donors (Lipinski definition) is 1. The van der Waals surface area contributed by atoms with E-state index < -0.39 is 0 Å². The Morgan fingerprint density at radius 2 is 1.94 bits per heavy atom. The molecule has 0 aliphatic heterocycles. The van der Waals surface area contributed by atoms with Crippen LogP contribution in [0.25, 0.3) is 0 Å². The highest BCUT2D eigenvalue weighted by atomic mass is 35.5. The maximum absolute atomic E-state index is 11.5. The van der Waals surface area contributed by atoms with Crippen molar-refractivity contribution in [1.82, 2.24) is 5.32 Å². The number of carbonyl (C=O) groups excluding carboxylic acids is 1. The molecule has 17 heavy (non-hydrogen) atoms. The minimum absolute atomic E-state index is 0.00372. The Labute approximate surface area is 109 Å². The molecule has 0 aliphatic carbocycles. The van der Waals surface area contributed by atoms with Crippen LogP contribution in [0.3, 0.4) is 0 Å². The van der Waals surface area contributed by atoms with Crippen LogP contribution in [0.5, 0.6) is 0 Å². The lowest BCUT2D eigenvalue weighted by Gasteiger charge is -2.29. The molecule has 1 N–H and O–H groups in total. The van der Waals surface area contributed by atoms with Gasteiger partial charge in [-0.25, -0.2) is 0 Å². The van der Waals surface area contributed by atoms with Gasteiger partial charge >= 0.3 is 0 Å². The monoisotopic (exact) mass is 265 g/mol. The molecule has 1 amide bonds. The number of halogens is 1. The van der Waals surface area contributed by atoms with E-state index in [0.29, 0.717) is 25.6 Å². The molecule has 0 aliphatic rings. The topological polar surface area (TPSA) is 47.6 Å². The molecule has 5 heteroatoms. The Kier molecular flexibility index (Phi) is 9.50. The number of ether oxygens (including phenoxy) is 2. The Bertz CT molecular complexity index is 200. The van der Waals surface area contributed by atoms with Crippen molar-refractivity contribution in [2.75, 3.05) is 39.4 Å². The van der Waals surface area contributed by atoms with Crippen molar-refractivity contribution in [2.24, 2.45) is 5.41 Å². The lowest BCUT2D eigenvalue weighted by atomic mass is 9.84. The molecule has 0 heterocycles. The van der Waals surface area contributed by atoms with Gasteiger partial charge in [0.25, 0.3) is 0 Å². The van der Waals surface area contributed by atoms with E-state index in [9.17, 15) is 4.79 Å². The van der Waals surface area contributed by atoms with Crippen LogP contribution in [-0.4, -0.2) is 45.3 Å². The number of hydrogen-bond acceptors (Lipinski definition) is 3. The molecule has 0 aromatic heterocycles. The molecule has 0 saturated carbocycles. The molecule has 0 saturated heterocycles. The highest BCUT2D eigenvalue weighted by molar-refractivity contribution is 6.18. The summed E-state index contributed by atoms with van der Waals surface area (Å²) in [6.07, 6.45) is 1.91. The second-order valence-corrected chi connectivity index (χ2v) is 4.43. The summed E-state index contributed by atoms with van der Waals surface area (Å²) in [6, 6.07) is 0. The van der Waals surface area contributed by atoms with Crippen LogP contribution >= 0.6 is 11.6 Å². The molecule has 0 atom stereocenters. The average Bonchev–Trinajstić information content (AvgIpc) is 2.37. The third-order valence-electron chi connectivity index (χ3n) is 3.11. The summed E-state index contributed by atoms with van der Waals surface area (Å²) in [4.78, 5) is 11.5. The van der Waals surface area contributed by atoms with Crippen LogP contribution < -0.4 is 5.32 Å². The van der Waals surface area contributed by atoms with Crippen LogP contribution in [-0.2, 0) is 14.3 Å². The highest BCUT2D eigenvalue weighted by Gasteiger charge is 2.25. The van der Waals surface area contributed by atoms with E-state index in [1.54, 1.807) is 7.11 Å². The molecule has 0 unspecified atom stereocenters. The first kappa shape index (κ1) is 16.7. The van der Waals surface area contributed by atoms with Crippen LogP contribution in [0.15, 0.2) is 0 Å². The number of rotatable bonds is 10. The third-order valence-corrected chi connectivity index (χ3v) is 3.68. The number of methoxy groups -OCH3 is 1. The molecular formula is C12H24ClNO3. The summed E-state index contributed by atoms with van der Waals surface area (Å²) >= 11 is 5.95. The van der Waals surface area contributed by atoms with E-state index in [1.807, 2.05) is 0 Å². The zero-order valence-electron chi connectivity index (χ0n) is 11.1. The third kappa shape index (κ3) is 6.86. The minimum atomic E-state index is -0.0995. The van der Waals surface area contributed by atoms with Gasteiger partial charge in [-0.2, -0.15) is 0 Å². The summed E-state index contributed by atoms with van der Waals surface area (Å²) in [5.74, 6) is 0.461. The van der Waals surface area contributed by atoms with Gasteiger partial charge in [-0.05, 0) is 12.8 Å². The van der Waals surface area contributed by atoms with Gasteiger partial charge in [0.2, 0.25) is 5.91 Å². The Hall–Kier alpha value is -0.320. The van der Waals surface area contributed by atoms with Gasteiger partial charge < -0.3 is 14.8 Å². The summed E-state index contributed by atoms with van der Waals surface area (Å²) in [6.45, 7) is 5.81. The first-order valence-electron chi connectivity index (χ1n) is 6.03. The molecular weight excluding hydrogens is 242 g/mol. The van der Waals surface area contributed by atoms with Gasteiger partial charge in [-0.1, -0.05) is 13.8 Å². The van der Waals surface area contributed by atoms with Crippen LogP contribution in [0.1, 0.15) is 26.7 Å². The number of alkyl halides is 1. The molecule has 0 bridgehead atoms. The molecule has 0 rings (SSSR count). The first-order chi connectivity index (χ1) is 8.14. The predicted molar refractivity (Wildman–Crippen MR) is 69.4 cm³/mol. The first-order valence-corrected chi connectivity index (χ1v) is 6.57. The highest BCUT2D eigenvalue weighted by Crippen LogP contribution is 2.26. The van der Waals surface area contributed by atoms with Crippen molar-refractivity contribution in [2.45, 2.75) is 26.7 Å². The van der Waals surface area contributed by atoms with E-state index in [1.165, 1.54) is 0 Å². The summed E-state index contributed by atoms with van der Waals surface area (Å²) < 4.78 is 9.95. The van der Waals surface area contributed by atoms with Gasteiger partial charge in [0.05, 0.1) is 13.2 Å². The standard InChI is InChI=1S/C12H24ClNO3/c1-4-12(5-2,9-13)10-14-11(15)8-17-7-6-16-3/h4-10H2,1-3H3,(H,14,15). The van der Waals surface area contributed by atoms with E-state index in [4.69, 9.17) is 21.1 Å². The Balaban J connectivity index is 3.81. The average molecular weight is 266 g/mol.